The molecule has 1 aliphatic rings. The number of anilines is 3. The zero-order chi connectivity index (χ0) is 30.0. The molecular formula is C31H30N8O3S. The molecule has 0 spiro atoms. The summed E-state index contributed by atoms with van der Waals surface area (Å²) in [5.41, 5.74) is 2.86. The summed E-state index contributed by atoms with van der Waals surface area (Å²) in [5.74, 6) is 1.22. The van der Waals surface area contributed by atoms with Crippen LogP contribution >= 0.6 is 11.3 Å². The largest absolute Gasteiger partial charge is 0.424 e. The fraction of sp³-hybridized carbons (Fsp3) is 0.226. The highest BCUT2D eigenvalue weighted by atomic mass is 32.1. The van der Waals surface area contributed by atoms with E-state index in [-0.39, 0.29) is 17.3 Å². The van der Waals surface area contributed by atoms with E-state index in [1.54, 1.807) is 15.8 Å². The van der Waals surface area contributed by atoms with Crippen molar-refractivity contribution >= 4 is 39.9 Å². The lowest BCUT2D eigenvalue weighted by Gasteiger charge is -2.14. The van der Waals surface area contributed by atoms with Crippen LogP contribution in [0.15, 0.2) is 79.3 Å². The molecule has 3 aromatic heterocycles. The number of para-hydroxylation sites is 1. The molecule has 0 bridgehead atoms. The monoisotopic (exact) mass is 594 g/mol. The fourth-order valence-corrected chi connectivity index (χ4v) is 5.45. The summed E-state index contributed by atoms with van der Waals surface area (Å²) in [6.45, 7) is 6.93. The van der Waals surface area contributed by atoms with Gasteiger partial charge in [0, 0.05) is 30.6 Å². The number of carbonyl (C=O) groups is 2. The van der Waals surface area contributed by atoms with E-state index in [1.165, 1.54) is 23.7 Å². The van der Waals surface area contributed by atoms with Crippen LogP contribution in [0.2, 0.25) is 0 Å². The quantitative estimate of drug-likeness (QED) is 0.216. The highest BCUT2D eigenvalue weighted by molar-refractivity contribution is 7.19. The minimum absolute atomic E-state index is 0.122. The highest BCUT2D eigenvalue weighted by Gasteiger charge is 2.24. The van der Waals surface area contributed by atoms with Crippen LogP contribution in [0.25, 0.3) is 16.1 Å². The van der Waals surface area contributed by atoms with Crippen molar-refractivity contribution in [3.8, 4) is 27.9 Å². The summed E-state index contributed by atoms with van der Waals surface area (Å²) in [7, 11) is 0. The molecule has 1 fully saturated rings. The number of hydrogen-bond acceptors (Lipinski definition) is 8. The molecule has 0 unspecified atom stereocenters. The minimum atomic E-state index is -0.453. The molecule has 5 aromatic rings. The summed E-state index contributed by atoms with van der Waals surface area (Å²) in [4.78, 5) is 40.5. The molecule has 2 N–H and O–H groups in total. The first-order chi connectivity index (χ1) is 20.7. The van der Waals surface area contributed by atoms with Crippen LogP contribution < -0.4 is 20.3 Å². The van der Waals surface area contributed by atoms with Gasteiger partial charge in [-0.05, 0) is 48.4 Å². The fourth-order valence-electron chi connectivity index (χ4n) is 4.48. The molecule has 0 aliphatic carbocycles. The molecule has 0 saturated carbocycles. The number of hydrogen-bond donors (Lipinski definition) is 2. The SMILES string of the molecule is CC(C)(C)c1cc(NC(=O)Nc2cnc(Oc3ccc(-c4cnc(N5CCCC5=O)s4)cc3)nc2)n(-c2ccccc2)n1. The van der Waals surface area contributed by atoms with Crippen LogP contribution in [0.3, 0.4) is 0 Å². The number of nitrogens with zero attached hydrogens (tertiary/aromatic N) is 6. The van der Waals surface area contributed by atoms with Crippen LogP contribution in [-0.2, 0) is 10.2 Å². The third-order valence-corrected chi connectivity index (χ3v) is 7.82. The molecule has 1 saturated heterocycles. The van der Waals surface area contributed by atoms with E-state index in [0.717, 1.165) is 39.9 Å². The van der Waals surface area contributed by atoms with E-state index < -0.39 is 6.03 Å². The number of thiazole rings is 1. The molecule has 0 radical (unpaired) electrons. The maximum Gasteiger partial charge on any atom is 0.324 e. The van der Waals surface area contributed by atoms with Crippen molar-refractivity contribution < 1.29 is 14.3 Å². The van der Waals surface area contributed by atoms with Gasteiger partial charge in [0.15, 0.2) is 5.13 Å². The molecule has 43 heavy (non-hydrogen) atoms. The molecule has 12 heteroatoms. The van der Waals surface area contributed by atoms with E-state index in [4.69, 9.17) is 9.84 Å². The predicted molar refractivity (Wildman–Crippen MR) is 166 cm³/mol. The summed E-state index contributed by atoms with van der Waals surface area (Å²) in [6, 6.07) is 18.7. The van der Waals surface area contributed by atoms with Gasteiger partial charge in [-0.3, -0.25) is 15.0 Å². The van der Waals surface area contributed by atoms with Crippen molar-refractivity contribution in [2.24, 2.45) is 0 Å². The zero-order valence-electron chi connectivity index (χ0n) is 23.9. The number of nitrogens with one attached hydrogen (secondary N) is 2. The second-order valence-electron chi connectivity index (χ2n) is 11.0. The minimum Gasteiger partial charge on any atom is -0.424 e. The van der Waals surface area contributed by atoms with E-state index in [1.807, 2.05) is 60.7 Å². The van der Waals surface area contributed by atoms with Crippen LogP contribution in [0.4, 0.5) is 21.4 Å². The first-order valence-electron chi connectivity index (χ1n) is 13.8. The van der Waals surface area contributed by atoms with Crippen LogP contribution in [0.5, 0.6) is 11.8 Å². The Morgan fingerprint density at radius 2 is 1.70 bits per heavy atom. The van der Waals surface area contributed by atoms with Crippen LogP contribution in [0.1, 0.15) is 39.3 Å². The lowest BCUT2D eigenvalue weighted by Crippen LogP contribution is -2.23. The van der Waals surface area contributed by atoms with Crippen molar-refractivity contribution in [1.82, 2.24) is 24.7 Å². The van der Waals surface area contributed by atoms with Gasteiger partial charge in [-0.15, -0.1) is 0 Å². The van der Waals surface area contributed by atoms with Gasteiger partial charge in [0.05, 0.1) is 34.3 Å². The normalized spacial score (nSPS) is 13.3. The number of amides is 3. The van der Waals surface area contributed by atoms with Crippen LogP contribution in [-0.4, -0.2) is 43.2 Å². The van der Waals surface area contributed by atoms with Crippen molar-refractivity contribution in [2.45, 2.75) is 39.0 Å². The number of aromatic nitrogens is 5. The van der Waals surface area contributed by atoms with Crippen molar-refractivity contribution in [3.63, 3.8) is 0 Å². The summed E-state index contributed by atoms with van der Waals surface area (Å²) in [5, 5.41) is 11.1. The zero-order valence-corrected chi connectivity index (χ0v) is 24.8. The lowest BCUT2D eigenvalue weighted by atomic mass is 9.92. The smallest absolute Gasteiger partial charge is 0.324 e. The third kappa shape index (κ3) is 6.38. The number of urea groups is 1. The van der Waals surface area contributed by atoms with E-state index in [9.17, 15) is 9.59 Å². The van der Waals surface area contributed by atoms with Crippen molar-refractivity contribution in [2.75, 3.05) is 22.1 Å². The Kier molecular flexibility index (Phi) is 7.59. The number of carbonyl (C=O) groups excluding carboxylic acids is 2. The van der Waals surface area contributed by atoms with Gasteiger partial charge >= 0.3 is 12.0 Å². The Balaban J connectivity index is 1.08. The summed E-state index contributed by atoms with van der Waals surface area (Å²) in [6.07, 6.45) is 6.18. The van der Waals surface area contributed by atoms with Crippen molar-refractivity contribution in [1.29, 1.82) is 0 Å². The van der Waals surface area contributed by atoms with E-state index in [0.29, 0.717) is 23.7 Å². The number of rotatable bonds is 7. The Labute approximate surface area is 252 Å². The highest BCUT2D eigenvalue weighted by Crippen LogP contribution is 2.34. The van der Waals surface area contributed by atoms with Gasteiger partial charge < -0.3 is 10.1 Å². The molecule has 218 valence electrons. The molecular weight excluding hydrogens is 564 g/mol. The molecule has 6 rings (SSSR count). The molecule has 0 atom stereocenters. The Morgan fingerprint density at radius 3 is 2.37 bits per heavy atom. The van der Waals surface area contributed by atoms with Gasteiger partial charge in [-0.2, -0.15) is 5.10 Å². The summed E-state index contributed by atoms with van der Waals surface area (Å²) < 4.78 is 7.51. The van der Waals surface area contributed by atoms with Crippen molar-refractivity contribution in [3.05, 3.63) is 84.9 Å². The van der Waals surface area contributed by atoms with E-state index >= 15 is 0 Å². The molecule has 3 amide bonds. The Hall–Kier alpha value is -5.10. The first-order valence-corrected chi connectivity index (χ1v) is 14.6. The van der Waals surface area contributed by atoms with E-state index in [2.05, 4.69) is 46.4 Å². The topological polar surface area (TPSA) is 127 Å². The molecule has 11 nitrogen and oxygen atoms in total. The van der Waals surface area contributed by atoms with Gasteiger partial charge in [0.1, 0.15) is 11.6 Å². The Bertz CT molecular complexity index is 1740. The lowest BCUT2D eigenvalue weighted by molar-refractivity contribution is -0.117. The predicted octanol–water partition coefficient (Wildman–Crippen LogP) is 6.65. The standard InChI is InChI=1S/C31H30N8O3S/c1-31(2,3)25-16-26(39(37-25)22-8-5-4-6-9-22)36-28(41)35-21-17-32-29(33-18-21)42-23-13-11-20(12-14-23)24-19-34-30(43-24)38-15-7-10-27(38)40/h4-6,8-9,11-14,16-19H,7,10,15H2,1-3H3,(H2,35,36,41). The third-order valence-electron chi connectivity index (χ3n) is 6.75. The maximum atomic E-state index is 12.9. The van der Waals surface area contributed by atoms with Gasteiger partial charge in [-0.25, -0.2) is 24.4 Å². The molecule has 2 aromatic carbocycles. The molecule has 1 aliphatic heterocycles. The second kappa shape index (κ2) is 11.6. The average Bonchev–Trinajstić information content (AvgIpc) is 3.75. The number of benzene rings is 2. The second-order valence-corrected chi connectivity index (χ2v) is 12.0. The first kappa shape index (κ1) is 28.0. The van der Waals surface area contributed by atoms with Crippen LogP contribution in [0, 0.1) is 0 Å². The maximum absolute atomic E-state index is 12.9. The Morgan fingerprint density at radius 1 is 0.953 bits per heavy atom. The number of ether oxygens (including phenoxy) is 1. The average molecular weight is 595 g/mol. The van der Waals surface area contributed by atoms with Gasteiger partial charge in [0.25, 0.3) is 0 Å². The van der Waals surface area contributed by atoms with Gasteiger partial charge in [-0.1, -0.05) is 50.3 Å². The summed E-state index contributed by atoms with van der Waals surface area (Å²) >= 11 is 1.49. The van der Waals surface area contributed by atoms with Gasteiger partial charge in [0.2, 0.25) is 5.91 Å². The molecule has 4 heterocycles.